The molecule has 1 aromatic carbocycles. The summed E-state index contributed by atoms with van der Waals surface area (Å²) < 4.78 is 0. The summed E-state index contributed by atoms with van der Waals surface area (Å²) in [4.78, 5) is 7.64. The maximum absolute atomic E-state index is 4.39. The van der Waals surface area contributed by atoms with Gasteiger partial charge < -0.3 is 10.3 Å². The predicted molar refractivity (Wildman–Crippen MR) is 68.8 cm³/mol. The smallest absolute Gasteiger partial charge is 0.104 e. The Labute approximate surface area is 96.3 Å². The Bertz CT molecular complexity index is 473. The van der Waals surface area contributed by atoms with Gasteiger partial charge in [-0.3, -0.25) is 0 Å². The zero-order chi connectivity index (χ0) is 11.5. The molecular weight excluding hydrogens is 198 g/mol. The fourth-order valence-electron chi connectivity index (χ4n) is 2.02. The van der Waals surface area contributed by atoms with Gasteiger partial charge >= 0.3 is 0 Å². The molecule has 1 aromatic heterocycles. The molecular formula is C13H19N3. The van der Waals surface area contributed by atoms with E-state index in [2.05, 4.69) is 47.3 Å². The normalized spacial score (nSPS) is 12.9. The van der Waals surface area contributed by atoms with E-state index in [1.807, 2.05) is 6.92 Å². The second kappa shape index (κ2) is 4.56. The molecule has 0 aliphatic heterocycles. The molecule has 0 amide bonds. The Morgan fingerprint density at radius 1 is 1.44 bits per heavy atom. The molecule has 1 unspecified atom stereocenters. The van der Waals surface area contributed by atoms with E-state index >= 15 is 0 Å². The second-order valence-corrected chi connectivity index (χ2v) is 4.39. The Morgan fingerprint density at radius 3 is 3.00 bits per heavy atom. The summed E-state index contributed by atoms with van der Waals surface area (Å²) in [6.07, 6.45) is 2.40. The Hall–Kier alpha value is -1.51. The van der Waals surface area contributed by atoms with Crippen molar-refractivity contribution < 1.29 is 0 Å². The number of fused-ring (bicyclic) bond motifs is 1. The Morgan fingerprint density at radius 2 is 2.25 bits per heavy atom. The van der Waals surface area contributed by atoms with Crippen LogP contribution in [0.5, 0.6) is 0 Å². The van der Waals surface area contributed by atoms with Crippen molar-refractivity contribution in [2.45, 2.75) is 39.7 Å². The number of aromatic amines is 1. The van der Waals surface area contributed by atoms with Crippen molar-refractivity contribution >= 4 is 16.7 Å². The summed E-state index contributed by atoms with van der Waals surface area (Å²) in [5.74, 6) is 0.966. The van der Waals surface area contributed by atoms with Gasteiger partial charge in [0.2, 0.25) is 0 Å². The molecule has 1 heterocycles. The monoisotopic (exact) mass is 217 g/mol. The second-order valence-electron chi connectivity index (χ2n) is 4.39. The van der Waals surface area contributed by atoms with E-state index in [0.29, 0.717) is 6.04 Å². The average molecular weight is 217 g/mol. The summed E-state index contributed by atoms with van der Waals surface area (Å²) in [5.41, 5.74) is 3.30. The Balaban J connectivity index is 2.18. The molecule has 0 saturated carbocycles. The van der Waals surface area contributed by atoms with Gasteiger partial charge in [0.1, 0.15) is 5.82 Å². The highest BCUT2D eigenvalue weighted by Gasteiger charge is 2.03. The molecule has 2 rings (SSSR count). The quantitative estimate of drug-likeness (QED) is 0.823. The number of nitrogens with zero attached hydrogens (tertiary/aromatic N) is 1. The van der Waals surface area contributed by atoms with Crippen LogP contribution < -0.4 is 5.32 Å². The first-order chi connectivity index (χ1) is 7.69. The van der Waals surface area contributed by atoms with Crippen LogP contribution in [0.4, 0.5) is 5.69 Å². The molecule has 0 saturated heterocycles. The van der Waals surface area contributed by atoms with E-state index in [0.717, 1.165) is 22.5 Å². The first-order valence-electron chi connectivity index (χ1n) is 5.92. The van der Waals surface area contributed by atoms with Crippen LogP contribution in [-0.4, -0.2) is 16.0 Å². The fraction of sp³-hybridized carbons (Fsp3) is 0.462. The number of H-pyrrole nitrogens is 1. The summed E-state index contributed by atoms with van der Waals surface area (Å²) in [6, 6.07) is 6.79. The van der Waals surface area contributed by atoms with Gasteiger partial charge in [0.25, 0.3) is 0 Å². The average Bonchev–Trinajstić information content (AvgIpc) is 2.57. The van der Waals surface area contributed by atoms with Crippen molar-refractivity contribution in [2.24, 2.45) is 0 Å². The summed E-state index contributed by atoms with van der Waals surface area (Å²) in [5, 5.41) is 3.50. The number of hydrogen-bond donors (Lipinski definition) is 2. The number of imidazole rings is 1. The molecule has 0 aliphatic rings. The van der Waals surface area contributed by atoms with Crippen LogP contribution in [0.1, 0.15) is 32.5 Å². The van der Waals surface area contributed by atoms with Crippen molar-refractivity contribution in [2.75, 3.05) is 5.32 Å². The van der Waals surface area contributed by atoms with E-state index in [9.17, 15) is 0 Å². The van der Waals surface area contributed by atoms with Gasteiger partial charge in [-0.1, -0.05) is 13.3 Å². The van der Waals surface area contributed by atoms with Crippen molar-refractivity contribution in [1.29, 1.82) is 0 Å². The fourth-order valence-corrected chi connectivity index (χ4v) is 2.02. The molecule has 0 radical (unpaired) electrons. The van der Waals surface area contributed by atoms with E-state index in [1.165, 1.54) is 12.8 Å². The SMILES string of the molecule is CCCC(C)Nc1ccc2nc(C)[nH]c2c1. The molecule has 0 spiro atoms. The highest BCUT2D eigenvalue weighted by Crippen LogP contribution is 2.18. The number of nitrogens with one attached hydrogen (secondary N) is 2. The molecule has 0 fully saturated rings. The van der Waals surface area contributed by atoms with Gasteiger partial charge in [-0.2, -0.15) is 0 Å². The van der Waals surface area contributed by atoms with E-state index in [1.54, 1.807) is 0 Å². The topological polar surface area (TPSA) is 40.7 Å². The van der Waals surface area contributed by atoms with Gasteiger partial charge in [0, 0.05) is 11.7 Å². The van der Waals surface area contributed by atoms with Gasteiger partial charge in [-0.15, -0.1) is 0 Å². The third-order valence-corrected chi connectivity index (χ3v) is 2.74. The molecule has 2 N–H and O–H groups in total. The van der Waals surface area contributed by atoms with Crippen molar-refractivity contribution in [3.05, 3.63) is 24.0 Å². The minimum absolute atomic E-state index is 0.520. The van der Waals surface area contributed by atoms with Crippen LogP contribution in [0.15, 0.2) is 18.2 Å². The minimum atomic E-state index is 0.520. The number of anilines is 1. The number of hydrogen-bond acceptors (Lipinski definition) is 2. The number of aromatic nitrogens is 2. The lowest BCUT2D eigenvalue weighted by molar-refractivity contribution is 0.690. The lowest BCUT2D eigenvalue weighted by Crippen LogP contribution is -2.14. The largest absolute Gasteiger partial charge is 0.383 e. The number of benzene rings is 1. The summed E-state index contributed by atoms with van der Waals surface area (Å²) >= 11 is 0. The van der Waals surface area contributed by atoms with Crippen LogP contribution in [0.3, 0.4) is 0 Å². The molecule has 0 aliphatic carbocycles. The van der Waals surface area contributed by atoms with E-state index in [-0.39, 0.29) is 0 Å². The van der Waals surface area contributed by atoms with Gasteiger partial charge in [0.05, 0.1) is 11.0 Å². The molecule has 86 valence electrons. The zero-order valence-corrected chi connectivity index (χ0v) is 10.2. The number of rotatable bonds is 4. The summed E-state index contributed by atoms with van der Waals surface area (Å²) in [6.45, 7) is 6.40. The maximum Gasteiger partial charge on any atom is 0.104 e. The van der Waals surface area contributed by atoms with Crippen LogP contribution in [-0.2, 0) is 0 Å². The van der Waals surface area contributed by atoms with Crippen LogP contribution >= 0.6 is 0 Å². The van der Waals surface area contributed by atoms with Gasteiger partial charge in [-0.05, 0) is 38.5 Å². The lowest BCUT2D eigenvalue weighted by Gasteiger charge is -2.13. The maximum atomic E-state index is 4.39. The van der Waals surface area contributed by atoms with Crippen LogP contribution in [0.25, 0.3) is 11.0 Å². The van der Waals surface area contributed by atoms with Gasteiger partial charge in [0.15, 0.2) is 0 Å². The molecule has 3 nitrogen and oxygen atoms in total. The number of aryl methyl sites for hydroxylation is 1. The zero-order valence-electron chi connectivity index (χ0n) is 10.2. The Kier molecular flexibility index (Phi) is 3.13. The molecule has 16 heavy (non-hydrogen) atoms. The first-order valence-corrected chi connectivity index (χ1v) is 5.92. The first kappa shape index (κ1) is 11.0. The van der Waals surface area contributed by atoms with E-state index < -0.39 is 0 Å². The third kappa shape index (κ3) is 2.35. The molecule has 0 bridgehead atoms. The van der Waals surface area contributed by atoms with Crippen molar-refractivity contribution in [3.63, 3.8) is 0 Å². The highest BCUT2D eigenvalue weighted by molar-refractivity contribution is 5.79. The lowest BCUT2D eigenvalue weighted by atomic mass is 10.2. The third-order valence-electron chi connectivity index (χ3n) is 2.74. The predicted octanol–water partition coefficient (Wildman–Crippen LogP) is 3.47. The molecule has 2 aromatic rings. The molecule has 1 atom stereocenters. The van der Waals surface area contributed by atoms with Crippen LogP contribution in [0.2, 0.25) is 0 Å². The van der Waals surface area contributed by atoms with Crippen LogP contribution in [0, 0.1) is 6.92 Å². The van der Waals surface area contributed by atoms with Gasteiger partial charge in [-0.25, -0.2) is 4.98 Å². The van der Waals surface area contributed by atoms with Crippen molar-refractivity contribution in [3.8, 4) is 0 Å². The standard InChI is InChI=1S/C13H19N3/c1-4-5-9(2)14-11-6-7-12-13(8-11)16-10(3)15-12/h6-9,14H,4-5H2,1-3H3,(H,15,16). The summed E-state index contributed by atoms with van der Waals surface area (Å²) in [7, 11) is 0. The van der Waals surface area contributed by atoms with Crippen molar-refractivity contribution in [1.82, 2.24) is 9.97 Å². The molecule has 3 heteroatoms. The minimum Gasteiger partial charge on any atom is -0.383 e. The van der Waals surface area contributed by atoms with E-state index in [4.69, 9.17) is 0 Å². The highest BCUT2D eigenvalue weighted by atomic mass is 14.9.